The zero-order chi connectivity index (χ0) is 40.3. The topological polar surface area (TPSA) is 132 Å². The smallest absolute Gasteiger partial charge is 0.309 e. The van der Waals surface area contributed by atoms with E-state index in [1.54, 1.807) is 13.8 Å². The molecule has 1 aromatic heterocycles. The number of carboxylic acids is 1. The van der Waals surface area contributed by atoms with Crippen molar-refractivity contribution in [2.75, 3.05) is 0 Å². The van der Waals surface area contributed by atoms with Gasteiger partial charge in [0.25, 0.3) is 0 Å². The summed E-state index contributed by atoms with van der Waals surface area (Å²) in [5.74, 6) is 1.02. The highest BCUT2D eigenvalue weighted by Gasteiger charge is 2.71. The maximum Gasteiger partial charge on any atom is 0.309 e. The SMILES string of the molecule is Cc1ccc(-c2nnc([C@@H](O)[C@@]34CC[C@]5(C)[C@H](CC[C@@H]6[C@@]7(C)CC[C@H](OC(=O)CC(C)(C)C(=O)O)C(C)(C)[C@@H]7CC[C@]65C)C3=C(C(C)C)C(=O)C4)n2C)cc1. The molecule has 9 heteroatoms. The summed E-state index contributed by atoms with van der Waals surface area (Å²) in [6.45, 7) is 21.6. The lowest BCUT2D eigenvalue weighted by molar-refractivity contribution is -0.235. The van der Waals surface area contributed by atoms with Gasteiger partial charge in [-0.15, -0.1) is 10.2 Å². The van der Waals surface area contributed by atoms with Crippen LogP contribution in [0.2, 0.25) is 0 Å². The summed E-state index contributed by atoms with van der Waals surface area (Å²) >= 11 is 0. The van der Waals surface area contributed by atoms with Gasteiger partial charge >= 0.3 is 11.9 Å². The third kappa shape index (κ3) is 5.73. The van der Waals surface area contributed by atoms with Crippen molar-refractivity contribution >= 4 is 17.7 Å². The number of ketones is 1. The quantitative estimate of drug-likeness (QED) is 0.255. The Kier molecular flexibility index (Phi) is 9.50. The van der Waals surface area contributed by atoms with E-state index < -0.39 is 28.9 Å². The van der Waals surface area contributed by atoms with Crippen LogP contribution in [0.15, 0.2) is 35.4 Å². The molecular formula is C46H65N3O6. The van der Waals surface area contributed by atoms with Gasteiger partial charge in [-0.2, -0.15) is 0 Å². The fourth-order valence-electron chi connectivity index (χ4n) is 13.6. The summed E-state index contributed by atoms with van der Waals surface area (Å²) in [5.41, 5.74) is 2.08. The Morgan fingerprint density at radius 2 is 1.60 bits per heavy atom. The van der Waals surface area contributed by atoms with E-state index in [-0.39, 0.29) is 51.8 Å². The number of aliphatic hydroxyl groups is 1. The number of ether oxygens (including phenoxy) is 1. The molecule has 7 rings (SSSR count). The summed E-state index contributed by atoms with van der Waals surface area (Å²) in [6, 6.07) is 8.20. The van der Waals surface area contributed by atoms with Crippen molar-refractivity contribution in [2.45, 2.75) is 146 Å². The molecule has 0 unspecified atom stereocenters. The monoisotopic (exact) mass is 755 g/mol. The van der Waals surface area contributed by atoms with Gasteiger partial charge in [0.1, 0.15) is 12.2 Å². The molecule has 0 radical (unpaired) electrons. The van der Waals surface area contributed by atoms with E-state index in [2.05, 4.69) is 77.7 Å². The number of aliphatic hydroxyl groups excluding tert-OH is 1. The first-order valence-corrected chi connectivity index (χ1v) is 20.9. The molecule has 0 amide bonds. The number of aliphatic carboxylic acids is 1. The lowest BCUT2D eigenvalue weighted by atomic mass is 9.33. The molecule has 0 spiro atoms. The first-order valence-electron chi connectivity index (χ1n) is 20.9. The van der Waals surface area contributed by atoms with E-state index in [9.17, 15) is 24.6 Å². The molecule has 9 nitrogen and oxygen atoms in total. The van der Waals surface area contributed by atoms with Crippen molar-refractivity contribution in [2.24, 2.45) is 63.2 Å². The molecule has 55 heavy (non-hydrogen) atoms. The fraction of sp³-hybridized carbons (Fsp3) is 0.717. The predicted octanol–water partition coefficient (Wildman–Crippen LogP) is 9.22. The van der Waals surface area contributed by atoms with E-state index in [4.69, 9.17) is 4.74 Å². The molecule has 1 aromatic carbocycles. The zero-order valence-electron chi connectivity index (χ0n) is 35.2. The van der Waals surface area contributed by atoms with Crippen LogP contribution in [0, 0.1) is 63.1 Å². The van der Waals surface area contributed by atoms with E-state index in [1.165, 1.54) is 5.57 Å². The number of fused-ring (bicyclic) bond motifs is 7. The highest BCUT2D eigenvalue weighted by molar-refractivity contribution is 6.00. The molecule has 0 bridgehead atoms. The minimum Gasteiger partial charge on any atom is -0.481 e. The van der Waals surface area contributed by atoms with Crippen LogP contribution in [0.4, 0.5) is 0 Å². The van der Waals surface area contributed by atoms with E-state index >= 15 is 0 Å². The van der Waals surface area contributed by atoms with Gasteiger partial charge in [-0.25, -0.2) is 0 Å². The normalized spacial score (nSPS) is 36.1. The summed E-state index contributed by atoms with van der Waals surface area (Å²) in [5, 5.41) is 31.5. The Balaban J connectivity index is 1.21. The first kappa shape index (κ1) is 39.9. The average Bonchev–Trinajstić information content (AvgIpc) is 3.63. The second-order valence-corrected chi connectivity index (χ2v) is 20.8. The predicted molar refractivity (Wildman–Crippen MR) is 211 cm³/mol. The molecule has 5 aliphatic rings. The minimum atomic E-state index is -1.17. The largest absolute Gasteiger partial charge is 0.481 e. The van der Waals surface area contributed by atoms with Crippen LogP contribution in [-0.4, -0.2) is 48.8 Å². The molecule has 5 aliphatic carbocycles. The lowest BCUT2D eigenvalue weighted by Gasteiger charge is -2.72. The van der Waals surface area contributed by atoms with Gasteiger partial charge in [0, 0.05) is 29.9 Å². The Bertz CT molecular complexity index is 1920. The number of nitrogens with zero attached hydrogens (tertiary/aromatic N) is 3. The van der Waals surface area contributed by atoms with Gasteiger partial charge in [-0.1, -0.05) is 78.3 Å². The van der Waals surface area contributed by atoms with Crippen molar-refractivity contribution in [1.29, 1.82) is 0 Å². The average molecular weight is 756 g/mol. The number of carbonyl (C=O) groups excluding carboxylic acids is 2. The van der Waals surface area contributed by atoms with Crippen molar-refractivity contribution in [3.8, 4) is 11.4 Å². The number of carbonyl (C=O) groups is 3. The Morgan fingerprint density at radius 1 is 0.927 bits per heavy atom. The van der Waals surface area contributed by atoms with Gasteiger partial charge < -0.3 is 19.5 Å². The second-order valence-electron chi connectivity index (χ2n) is 20.8. The number of allylic oxidation sites excluding steroid dienone is 1. The molecule has 0 saturated heterocycles. The van der Waals surface area contributed by atoms with Crippen LogP contribution in [0.25, 0.3) is 11.4 Å². The summed E-state index contributed by atoms with van der Waals surface area (Å²) in [6.07, 6.45) is 6.43. The Morgan fingerprint density at radius 3 is 2.24 bits per heavy atom. The number of hydrogen-bond donors (Lipinski definition) is 2. The summed E-state index contributed by atoms with van der Waals surface area (Å²) in [7, 11) is 1.93. The summed E-state index contributed by atoms with van der Waals surface area (Å²) in [4.78, 5) is 39.2. The Labute approximate surface area is 328 Å². The van der Waals surface area contributed by atoms with Crippen molar-refractivity contribution in [3.63, 3.8) is 0 Å². The molecule has 300 valence electrons. The van der Waals surface area contributed by atoms with Crippen LogP contribution < -0.4 is 0 Å². The van der Waals surface area contributed by atoms with Crippen molar-refractivity contribution in [1.82, 2.24) is 14.8 Å². The van der Waals surface area contributed by atoms with Gasteiger partial charge in [0.15, 0.2) is 17.4 Å². The van der Waals surface area contributed by atoms with E-state index in [0.29, 0.717) is 29.9 Å². The van der Waals surface area contributed by atoms with Gasteiger partial charge in [0.05, 0.1) is 11.8 Å². The number of carboxylic acid groups (broad SMARTS) is 1. The van der Waals surface area contributed by atoms with Gasteiger partial charge in [0.2, 0.25) is 0 Å². The van der Waals surface area contributed by atoms with Crippen LogP contribution >= 0.6 is 0 Å². The number of rotatable bonds is 8. The standard InChI is InChI=1S/C46H65N3O6/c1-26(2)35-30(50)24-46(37(52)39-48-47-38(49(39)11)28-14-12-27(3)13-15-28)23-22-44(9)29(36(35)46)16-17-32-43(8)20-19-33(55-34(51)25-41(4,5)40(53)54)42(6,7)31(43)18-21-45(32,44)10/h12-15,26,29,31-33,37,52H,16-25H2,1-11H3,(H,53,54)/t29-,31+,32-,33+,37-,43+,44-,45-,46-/m1/s1. The number of hydrogen-bond acceptors (Lipinski definition) is 7. The number of aryl methyl sites for hydroxylation is 1. The van der Waals surface area contributed by atoms with Crippen molar-refractivity contribution in [3.05, 3.63) is 46.8 Å². The third-order valence-corrected chi connectivity index (χ3v) is 16.8. The van der Waals surface area contributed by atoms with Gasteiger partial charge in [-0.3, -0.25) is 14.4 Å². The van der Waals surface area contributed by atoms with Crippen LogP contribution in [-0.2, 0) is 26.2 Å². The maximum atomic E-state index is 14.3. The molecule has 2 aromatic rings. The first-order chi connectivity index (χ1) is 25.5. The molecule has 4 fully saturated rings. The van der Waals surface area contributed by atoms with E-state index in [1.807, 2.05) is 23.7 Å². The molecule has 0 aliphatic heterocycles. The molecular weight excluding hydrogens is 691 g/mol. The van der Waals surface area contributed by atoms with Crippen LogP contribution in [0.1, 0.15) is 144 Å². The van der Waals surface area contributed by atoms with Crippen LogP contribution in [0.3, 0.4) is 0 Å². The fourth-order valence-corrected chi connectivity index (χ4v) is 13.6. The summed E-state index contributed by atoms with van der Waals surface area (Å²) < 4.78 is 8.11. The van der Waals surface area contributed by atoms with Crippen molar-refractivity contribution < 1.29 is 29.3 Å². The highest BCUT2D eigenvalue weighted by atomic mass is 16.5. The van der Waals surface area contributed by atoms with E-state index in [0.717, 1.165) is 68.1 Å². The minimum absolute atomic E-state index is 0.00744. The number of esters is 1. The molecule has 4 saturated carbocycles. The molecule has 1 heterocycles. The third-order valence-electron chi connectivity index (χ3n) is 16.8. The van der Waals surface area contributed by atoms with Crippen LogP contribution in [0.5, 0.6) is 0 Å². The molecule has 2 N–H and O–H groups in total. The number of aromatic nitrogens is 3. The van der Waals surface area contributed by atoms with Gasteiger partial charge in [-0.05, 0) is 123 Å². The number of benzene rings is 1. The maximum absolute atomic E-state index is 14.3. The highest BCUT2D eigenvalue weighted by Crippen LogP contribution is 2.77. The lowest BCUT2D eigenvalue weighted by Crippen LogP contribution is -2.66. The molecule has 9 atom stereocenters. The zero-order valence-corrected chi connectivity index (χ0v) is 35.2. The number of Topliss-reactive ketones (excluding diaryl/α,β-unsaturated/α-hetero) is 1. The Hall–Kier alpha value is -3.33. The second kappa shape index (κ2) is 13.1.